The molecule has 0 aliphatic rings. The van der Waals surface area contributed by atoms with E-state index in [1.54, 1.807) is 0 Å². The number of unbranched alkanes of at least 4 members (excludes halogenated alkanes) is 16. The zero-order valence-electron chi connectivity index (χ0n) is 24.8. The highest BCUT2D eigenvalue weighted by atomic mass is 16.5. The zero-order valence-corrected chi connectivity index (χ0v) is 24.8. The van der Waals surface area contributed by atoms with Crippen molar-refractivity contribution in [2.75, 3.05) is 0 Å². The lowest BCUT2D eigenvalue weighted by Crippen LogP contribution is -2.22. The third-order valence-electron chi connectivity index (χ3n) is 7.22. The van der Waals surface area contributed by atoms with E-state index in [4.69, 9.17) is 4.74 Å². The molecule has 0 aliphatic heterocycles. The van der Waals surface area contributed by atoms with Crippen molar-refractivity contribution in [2.45, 2.75) is 194 Å². The Morgan fingerprint density at radius 2 is 0.743 bits per heavy atom. The first-order valence-corrected chi connectivity index (χ1v) is 16.2. The van der Waals surface area contributed by atoms with E-state index in [2.05, 4.69) is 52.0 Å². The van der Waals surface area contributed by atoms with Gasteiger partial charge in [-0.2, -0.15) is 0 Å². The van der Waals surface area contributed by atoms with E-state index in [-0.39, 0.29) is 0 Å². The quantitative estimate of drug-likeness (QED) is 0.0782. The van der Waals surface area contributed by atoms with Gasteiger partial charge >= 0.3 is 0 Å². The van der Waals surface area contributed by atoms with E-state index in [1.807, 2.05) is 0 Å². The Kier molecular flexibility index (Phi) is 29.2. The van der Waals surface area contributed by atoms with Gasteiger partial charge in [0.15, 0.2) is 0 Å². The predicted octanol–water partition coefficient (Wildman–Crippen LogP) is 12.3. The molecule has 0 radical (unpaired) electrons. The van der Waals surface area contributed by atoms with E-state index < -0.39 is 0 Å². The van der Waals surface area contributed by atoms with Crippen LogP contribution < -0.4 is 0 Å². The van der Waals surface area contributed by atoms with Crippen molar-refractivity contribution in [1.82, 2.24) is 0 Å². The van der Waals surface area contributed by atoms with Crippen molar-refractivity contribution in [3.05, 3.63) is 24.3 Å². The summed E-state index contributed by atoms with van der Waals surface area (Å²) in [6.45, 7) is 9.18. The summed E-state index contributed by atoms with van der Waals surface area (Å²) < 4.78 is 6.86. The molecule has 0 spiro atoms. The molecule has 0 rings (SSSR count). The second-order valence-electron chi connectivity index (χ2n) is 10.9. The van der Waals surface area contributed by atoms with Gasteiger partial charge in [-0.15, -0.1) is 0 Å². The van der Waals surface area contributed by atoms with Gasteiger partial charge in [-0.25, -0.2) is 0 Å². The molecule has 0 N–H and O–H groups in total. The summed E-state index contributed by atoms with van der Waals surface area (Å²) >= 11 is 0. The summed E-state index contributed by atoms with van der Waals surface area (Å²) in [4.78, 5) is 0. The highest BCUT2D eigenvalue weighted by Crippen LogP contribution is 2.21. The number of hydrogen-bond acceptors (Lipinski definition) is 1. The van der Waals surface area contributed by atoms with Gasteiger partial charge in [0.25, 0.3) is 0 Å². The van der Waals surface area contributed by atoms with Gasteiger partial charge < -0.3 is 4.74 Å². The van der Waals surface area contributed by atoms with Crippen LogP contribution in [0.5, 0.6) is 0 Å². The van der Waals surface area contributed by atoms with Crippen LogP contribution in [0.25, 0.3) is 0 Å². The third-order valence-corrected chi connectivity index (χ3v) is 7.22. The van der Waals surface area contributed by atoms with Crippen LogP contribution in [-0.4, -0.2) is 12.2 Å². The third kappa shape index (κ3) is 26.3. The van der Waals surface area contributed by atoms with Gasteiger partial charge in [-0.05, 0) is 51.4 Å². The molecule has 0 bridgehead atoms. The van der Waals surface area contributed by atoms with Crippen LogP contribution in [0.4, 0.5) is 0 Å². The highest BCUT2D eigenvalue weighted by molar-refractivity contribution is 4.87. The van der Waals surface area contributed by atoms with Crippen LogP contribution in [0.1, 0.15) is 182 Å². The van der Waals surface area contributed by atoms with Crippen LogP contribution in [0.3, 0.4) is 0 Å². The fourth-order valence-corrected chi connectivity index (χ4v) is 4.82. The maximum atomic E-state index is 6.86. The minimum atomic E-state index is 0.405. The second kappa shape index (κ2) is 29.7. The van der Waals surface area contributed by atoms with Crippen molar-refractivity contribution in [1.29, 1.82) is 0 Å². The SMILES string of the molecule is CCCCC/C=C/CC(CCCCCCCC)OC(C/C=C/CCCCC)CCCCCCCC. The molecule has 208 valence electrons. The van der Waals surface area contributed by atoms with E-state index >= 15 is 0 Å². The van der Waals surface area contributed by atoms with Crippen LogP contribution in [0.15, 0.2) is 24.3 Å². The first-order chi connectivity index (χ1) is 17.3. The van der Waals surface area contributed by atoms with Gasteiger partial charge in [0.1, 0.15) is 0 Å². The molecule has 0 aliphatic carbocycles. The Morgan fingerprint density at radius 1 is 0.400 bits per heavy atom. The maximum absolute atomic E-state index is 6.86. The highest BCUT2D eigenvalue weighted by Gasteiger charge is 2.15. The first-order valence-electron chi connectivity index (χ1n) is 16.2. The molecule has 0 aromatic rings. The van der Waals surface area contributed by atoms with E-state index in [9.17, 15) is 0 Å². The number of ether oxygens (including phenoxy) is 1. The lowest BCUT2D eigenvalue weighted by atomic mass is 10.0. The van der Waals surface area contributed by atoms with Crippen molar-refractivity contribution in [3.63, 3.8) is 0 Å². The summed E-state index contributed by atoms with van der Waals surface area (Å²) in [5.74, 6) is 0. The fraction of sp³-hybridized carbons (Fsp3) is 0.882. The molecule has 0 amide bonds. The molecule has 0 heterocycles. The molecule has 0 aromatic heterocycles. The summed E-state index contributed by atoms with van der Waals surface area (Å²) in [5.41, 5.74) is 0. The van der Waals surface area contributed by atoms with Crippen LogP contribution in [0.2, 0.25) is 0 Å². The standard InChI is InChI=1S/C34H66O/c1-5-9-13-17-21-25-29-33(30-26-22-18-14-10-6-2)35-34(31-27-23-19-15-11-7-3)32-28-24-20-16-12-8-4/h21,23,25,27,33-34H,5-20,22,24,26,28-32H2,1-4H3/b25-21+,27-23+. The van der Waals surface area contributed by atoms with Crippen molar-refractivity contribution < 1.29 is 4.74 Å². The minimum absolute atomic E-state index is 0.405. The van der Waals surface area contributed by atoms with Crippen molar-refractivity contribution >= 4 is 0 Å². The maximum Gasteiger partial charge on any atom is 0.0613 e. The van der Waals surface area contributed by atoms with Crippen LogP contribution in [0, 0.1) is 0 Å². The fourth-order valence-electron chi connectivity index (χ4n) is 4.82. The predicted molar refractivity (Wildman–Crippen MR) is 160 cm³/mol. The van der Waals surface area contributed by atoms with Gasteiger partial charge in [0.05, 0.1) is 12.2 Å². The lowest BCUT2D eigenvalue weighted by Gasteiger charge is -2.24. The summed E-state index contributed by atoms with van der Waals surface area (Å²) in [7, 11) is 0. The molecule has 2 unspecified atom stereocenters. The first kappa shape index (κ1) is 34.4. The van der Waals surface area contributed by atoms with E-state index in [0.717, 1.165) is 12.8 Å². The van der Waals surface area contributed by atoms with Crippen molar-refractivity contribution in [2.24, 2.45) is 0 Å². The molecule has 35 heavy (non-hydrogen) atoms. The largest absolute Gasteiger partial charge is 0.374 e. The molecule has 2 atom stereocenters. The Balaban J connectivity index is 4.75. The van der Waals surface area contributed by atoms with Gasteiger partial charge in [0.2, 0.25) is 0 Å². The smallest absolute Gasteiger partial charge is 0.0613 e. The second-order valence-corrected chi connectivity index (χ2v) is 10.9. The molecular formula is C34H66O. The molecular weight excluding hydrogens is 424 g/mol. The number of hydrogen-bond donors (Lipinski definition) is 0. The number of allylic oxidation sites excluding steroid dienone is 2. The van der Waals surface area contributed by atoms with Crippen molar-refractivity contribution in [3.8, 4) is 0 Å². The summed E-state index contributed by atoms with van der Waals surface area (Å²) in [6, 6.07) is 0. The van der Waals surface area contributed by atoms with Gasteiger partial charge in [-0.3, -0.25) is 0 Å². The minimum Gasteiger partial charge on any atom is -0.374 e. The van der Waals surface area contributed by atoms with E-state index in [1.165, 1.54) is 141 Å². The van der Waals surface area contributed by atoms with E-state index in [0.29, 0.717) is 12.2 Å². The van der Waals surface area contributed by atoms with Gasteiger partial charge in [0, 0.05) is 0 Å². The molecule has 0 fully saturated rings. The number of rotatable bonds is 28. The average Bonchev–Trinajstić information content (AvgIpc) is 2.87. The average molecular weight is 491 g/mol. The Hall–Kier alpha value is -0.560. The summed E-state index contributed by atoms with van der Waals surface area (Å²) in [5, 5.41) is 0. The normalized spacial score (nSPS) is 13.8. The van der Waals surface area contributed by atoms with Crippen LogP contribution >= 0.6 is 0 Å². The molecule has 1 heteroatoms. The monoisotopic (exact) mass is 491 g/mol. The van der Waals surface area contributed by atoms with Gasteiger partial charge in [-0.1, -0.05) is 155 Å². The molecule has 0 aromatic carbocycles. The Morgan fingerprint density at radius 3 is 1.14 bits per heavy atom. The zero-order chi connectivity index (χ0) is 25.7. The lowest BCUT2D eigenvalue weighted by molar-refractivity contribution is -0.0191. The summed E-state index contributed by atoms with van der Waals surface area (Å²) in [6.07, 6.45) is 42.1. The van der Waals surface area contributed by atoms with Crippen LogP contribution in [-0.2, 0) is 4.74 Å². The molecule has 1 nitrogen and oxygen atoms in total. The molecule has 0 saturated heterocycles. The Bertz CT molecular complexity index is 398. The Labute approximate surface area is 223 Å². The molecule has 0 saturated carbocycles. The topological polar surface area (TPSA) is 9.23 Å².